The van der Waals surface area contributed by atoms with Gasteiger partial charge in [0.15, 0.2) is 0 Å². The summed E-state index contributed by atoms with van der Waals surface area (Å²) in [7, 11) is 0. The molecule has 0 N–H and O–H groups in total. The summed E-state index contributed by atoms with van der Waals surface area (Å²) in [5.74, 6) is -0.511. The van der Waals surface area contributed by atoms with Crippen LogP contribution in [0.15, 0.2) is 24.3 Å². The number of alkyl halides is 3. The number of halogens is 3. The standard InChI is InChI=1S/C14H13F3O2/c1-2-19-13(18)8-9-6-7-11-10(9)4-3-5-12(11)14(15,16)17/h3-5,8H,2,6-7H2,1H3. The van der Waals surface area contributed by atoms with Crippen LogP contribution in [-0.2, 0) is 22.1 Å². The fourth-order valence-corrected chi connectivity index (χ4v) is 2.29. The van der Waals surface area contributed by atoms with E-state index in [1.165, 1.54) is 12.1 Å². The molecule has 0 unspecified atom stereocenters. The molecule has 2 rings (SSSR count). The van der Waals surface area contributed by atoms with E-state index in [2.05, 4.69) is 0 Å². The van der Waals surface area contributed by atoms with Crippen LogP contribution in [0.5, 0.6) is 0 Å². The van der Waals surface area contributed by atoms with Gasteiger partial charge in [0.05, 0.1) is 12.2 Å². The number of hydrogen-bond donors (Lipinski definition) is 0. The molecule has 5 heteroatoms. The first kappa shape index (κ1) is 13.6. The first-order chi connectivity index (χ1) is 8.93. The highest BCUT2D eigenvalue weighted by molar-refractivity contribution is 5.93. The Balaban J connectivity index is 2.39. The SMILES string of the molecule is CCOC(=O)C=C1CCc2c1cccc2C(F)(F)F. The number of benzene rings is 1. The van der Waals surface area contributed by atoms with Crippen LogP contribution in [-0.4, -0.2) is 12.6 Å². The van der Waals surface area contributed by atoms with Crippen LogP contribution in [0.1, 0.15) is 30.0 Å². The predicted octanol–water partition coefficient (Wildman–Crippen LogP) is 3.60. The number of fused-ring (bicyclic) bond motifs is 1. The highest BCUT2D eigenvalue weighted by Crippen LogP contribution is 2.40. The maximum Gasteiger partial charge on any atom is 0.416 e. The second-order valence-corrected chi connectivity index (χ2v) is 4.25. The van der Waals surface area contributed by atoms with Crippen LogP contribution in [0.3, 0.4) is 0 Å². The lowest BCUT2D eigenvalue weighted by atomic mass is 10.0. The molecule has 19 heavy (non-hydrogen) atoms. The van der Waals surface area contributed by atoms with Gasteiger partial charge in [-0.05, 0) is 42.5 Å². The molecule has 0 amide bonds. The Kier molecular flexibility index (Phi) is 3.64. The Bertz CT molecular complexity index is 530. The summed E-state index contributed by atoms with van der Waals surface area (Å²) < 4.78 is 43.3. The summed E-state index contributed by atoms with van der Waals surface area (Å²) in [4.78, 5) is 11.4. The third-order valence-corrected chi connectivity index (χ3v) is 3.05. The largest absolute Gasteiger partial charge is 0.463 e. The minimum absolute atomic E-state index is 0.248. The third-order valence-electron chi connectivity index (χ3n) is 3.05. The molecular formula is C14H13F3O2. The second-order valence-electron chi connectivity index (χ2n) is 4.25. The van der Waals surface area contributed by atoms with Gasteiger partial charge in [-0.2, -0.15) is 13.2 Å². The summed E-state index contributed by atoms with van der Waals surface area (Å²) in [6.45, 7) is 1.93. The topological polar surface area (TPSA) is 26.3 Å². The number of carbonyl (C=O) groups is 1. The molecular weight excluding hydrogens is 257 g/mol. The molecule has 102 valence electrons. The van der Waals surface area contributed by atoms with Crippen LogP contribution in [0, 0.1) is 0 Å². The summed E-state index contributed by atoms with van der Waals surface area (Å²) in [6.07, 6.45) is -2.34. The third kappa shape index (κ3) is 2.80. The normalized spacial score (nSPS) is 16.5. The lowest BCUT2D eigenvalue weighted by Gasteiger charge is -2.11. The van der Waals surface area contributed by atoms with E-state index >= 15 is 0 Å². The molecule has 0 radical (unpaired) electrons. The molecule has 0 aromatic heterocycles. The molecule has 1 aromatic carbocycles. The summed E-state index contributed by atoms with van der Waals surface area (Å²) in [5, 5.41) is 0. The van der Waals surface area contributed by atoms with Gasteiger partial charge in [0.25, 0.3) is 0 Å². The average Bonchev–Trinajstić information content (AvgIpc) is 2.71. The number of rotatable bonds is 2. The molecule has 0 saturated carbocycles. The van der Waals surface area contributed by atoms with Crippen molar-refractivity contribution in [2.45, 2.75) is 25.9 Å². The number of allylic oxidation sites excluding steroid dienone is 1. The van der Waals surface area contributed by atoms with E-state index in [-0.39, 0.29) is 12.2 Å². The maximum absolute atomic E-state index is 12.8. The fraction of sp³-hybridized carbons (Fsp3) is 0.357. The quantitative estimate of drug-likeness (QED) is 0.606. The summed E-state index contributed by atoms with van der Waals surface area (Å²) >= 11 is 0. The molecule has 2 nitrogen and oxygen atoms in total. The molecule has 1 aromatic rings. The van der Waals surface area contributed by atoms with Crippen molar-refractivity contribution in [2.24, 2.45) is 0 Å². The summed E-state index contributed by atoms with van der Waals surface area (Å²) in [6, 6.07) is 4.06. The van der Waals surface area contributed by atoms with E-state index in [1.807, 2.05) is 0 Å². The van der Waals surface area contributed by atoms with Crippen molar-refractivity contribution in [1.82, 2.24) is 0 Å². The van der Waals surface area contributed by atoms with Crippen LogP contribution < -0.4 is 0 Å². The Hall–Kier alpha value is -1.78. The van der Waals surface area contributed by atoms with E-state index < -0.39 is 17.7 Å². The van der Waals surface area contributed by atoms with E-state index in [0.717, 1.165) is 6.07 Å². The number of carbonyl (C=O) groups excluding carboxylic acids is 1. The van der Waals surface area contributed by atoms with Crippen molar-refractivity contribution >= 4 is 11.5 Å². The molecule has 0 spiro atoms. The van der Waals surface area contributed by atoms with Gasteiger partial charge in [-0.1, -0.05) is 12.1 Å². The first-order valence-electron chi connectivity index (χ1n) is 6.00. The Morgan fingerprint density at radius 2 is 2.11 bits per heavy atom. The molecule has 0 fully saturated rings. The van der Waals surface area contributed by atoms with Crippen molar-refractivity contribution in [3.05, 3.63) is 41.0 Å². The van der Waals surface area contributed by atoms with Crippen molar-refractivity contribution in [3.8, 4) is 0 Å². The van der Waals surface area contributed by atoms with Crippen molar-refractivity contribution in [3.63, 3.8) is 0 Å². The van der Waals surface area contributed by atoms with E-state index in [1.54, 1.807) is 13.0 Å². The highest BCUT2D eigenvalue weighted by atomic mass is 19.4. The van der Waals surface area contributed by atoms with E-state index in [9.17, 15) is 18.0 Å². The van der Waals surface area contributed by atoms with Gasteiger partial charge in [0.2, 0.25) is 0 Å². The number of hydrogen-bond acceptors (Lipinski definition) is 2. The average molecular weight is 270 g/mol. The zero-order valence-corrected chi connectivity index (χ0v) is 10.4. The molecule has 1 aliphatic carbocycles. The van der Waals surface area contributed by atoms with Gasteiger partial charge in [0, 0.05) is 6.08 Å². The van der Waals surface area contributed by atoms with Crippen LogP contribution in [0.4, 0.5) is 13.2 Å². The van der Waals surface area contributed by atoms with Crippen LogP contribution >= 0.6 is 0 Å². The maximum atomic E-state index is 12.8. The van der Waals surface area contributed by atoms with Crippen LogP contribution in [0.2, 0.25) is 0 Å². The van der Waals surface area contributed by atoms with Gasteiger partial charge in [0.1, 0.15) is 0 Å². The second kappa shape index (κ2) is 5.07. The monoisotopic (exact) mass is 270 g/mol. The predicted molar refractivity (Wildman–Crippen MR) is 64.4 cm³/mol. The Morgan fingerprint density at radius 1 is 1.37 bits per heavy atom. The smallest absolute Gasteiger partial charge is 0.416 e. The number of ether oxygens (including phenoxy) is 1. The van der Waals surface area contributed by atoms with Gasteiger partial charge in [-0.25, -0.2) is 4.79 Å². The Labute approximate surface area is 108 Å². The lowest BCUT2D eigenvalue weighted by Crippen LogP contribution is -2.08. The van der Waals surface area contributed by atoms with Gasteiger partial charge >= 0.3 is 12.1 Å². The first-order valence-corrected chi connectivity index (χ1v) is 6.00. The van der Waals surface area contributed by atoms with Gasteiger partial charge < -0.3 is 4.74 Å². The highest BCUT2D eigenvalue weighted by Gasteiger charge is 2.35. The molecule has 1 aliphatic rings. The zero-order chi connectivity index (χ0) is 14.0. The molecule has 0 aliphatic heterocycles. The lowest BCUT2D eigenvalue weighted by molar-refractivity contribution is -0.138. The van der Waals surface area contributed by atoms with Crippen molar-refractivity contribution in [1.29, 1.82) is 0 Å². The van der Waals surface area contributed by atoms with Gasteiger partial charge in [-0.15, -0.1) is 0 Å². The molecule has 0 saturated heterocycles. The number of esters is 1. The zero-order valence-electron chi connectivity index (χ0n) is 10.4. The molecule has 0 atom stereocenters. The van der Waals surface area contributed by atoms with E-state index in [0.29, 0.717) is 24.0 Å². The van der Waals surface area contributed by atoms with Gasteiger partial charge in [-0.3, -0.25) is 0 Å². The minimum Gasteiger partial charge on any atom is -0.463 e. The van der Waals surface area contributed by atoms with Crippen molar-refractivity contribution in [2.75, 3.05) is 6.61 Å². The molecule has 0 heterocycles. The van der Waals surface area contributed by atoms with Crippen molar-refractivity contribution < 1.29 is 22.7 Å². The van der Waals surface area contributed by atoms with E-state index in [4.69, 9.17) is 4.74 Å². The summed E-state index contributed by atoms with van der Waals surface area (Å²) in [5.41, 5.74) is 0.769. The fourth-order valence-electron chi connectivity index (χ4n) is 2.29. The van der Waals surface area contributed by atoms with Crippen LogP contribution in [0.25, 0.3) is 5.57 Å². The Morgan fingerprint density at radius 3 is 2.74 bits per heavy atom. The minimum atomic E-state index is -4.36. The molecule has 0 bridgehead atoms.